The smallest absolute Gasteiger partial charge is 0.410 e. The molecule has 2 heterocycles. The summed E-state index contributed by atoms with van der Waals surface area (Å²) in [7, 11) is -1.25. The molecule has 2 aliphatic rings. The van der Waals surface area contributed by atoms with Crippen molar-refractivity contribution in [3.63, 3.8) is 0 Å². The maximum atomic E-state index is 11.4. The number of aliphatic hydroxyl groups is 1. The molecule has 0 aromatic heterocycles. The lowest BCUT2D eigenvalue weighted by Gasteiger charge is -2.24. The van der Waals surface area contributed by atoms with Crippen LogP contribution in [0.5, 0.6) is 0 Å². The summed E-state index contributed by atoms with van der Waals surface area (Å²) in [5, 5.41) is 23.4. The van der Waals surface area contributed by atoms with E-state index in [1.807, 2.05) is 58.2 Å². The predicted molar refractivity (Wildman–Crippen MR) is 119 cm³/mol. The van der Waals surface area contributed by atoms with E-state index in [-0.39, 0.29) is 12.2 Å². The fraction of sp³-hybridized carbons (Fsp3) is 0.500. The van der Waals surface area contributed by atoms with Gasteiger partial charge in [0.2, 0.25) is 6.41 Å². The van der Waals surface area contributed by atoms with Gasteiger partial charge in [-0.1, -0.05) is 24.3 Å². The van der Waals surface area contributed by atoms with Crippen LogP contribution in [0.1, 0.15) is 45.2 Å². The molecule has 7 nitrogen and oxygen atoms in total. The lowest BCUT2D eigenvalue weighted by molar-refractivity contribution is -0.109. The number of aliphatic hydroxyl groups excluding tert-OH is 1. The van der Waals surface area contributed by atoms with Gasteiger partial charge in [-0.3, -0.25) is 4.79 Å². The second kappa shape index (κ2) is 9.54. The standard InChI is InChI=1S/C13H14N2OS.C9H17NO3/c1-10-13(17(10,2)8-14)12-5-3-11(4-6-12)7-15-9-16;1-9(2,3)13-8(12)10-5-4-7(11)6-10/h3-6,9H,7H2,1-2H3,(H,15,16);7,11H,4-6H2,1-3H3. The van der Waals surface area contributed by atoms with Crippen molar-refractivity contribution in [2.45, 2.75) is 52.4 Å². The van der Waals surface area contributed by atoms with Gasteiger partial charge in [-0.25, -0.2) is 4.79 Å². The highest BCUT2D eigenvalue weighted by Crippen LogP contribution is 2.78. The summed E-state index contributed by atoms with van der Waals surface area (Å²) < 4.78 is 5.15. The van der Waals surface area contributed by atoms with Gasteiger partial charge in [-0.05, 0) is 56.4 Å². The second-order valence-corrected chi connectivity index (χ2v) is 11.5. The highest BCUT2D eigenvalue weighted by molar-refractivity contribution is 8.53. The summed E-state index contributed by atoms with van der Waals surface area (Å²) in [4.78, 5) is 25.6. The van der Waals surface area contributed by atoms with E-state index in [9.17, 15) is 14.7 Å². The minimum atomic E-state index is -1.25. The Balaban J connectivity index is 0.000000222. The molecule has 164 valence electrons. The molecule has 2 amide bonds. The van der Waals surface area contributed by atoms with E-state index < -0.39 is 15.6 Å². The summed E-state index contributed by atoms with van der Waals surface area (Å²) in [5.41, 5.74) is 1.75. The molecule has 30 heavy (non-hydrogen) atoms. The SMILES string of the molecule is CC(C)(C)OC(=O)N1CCC(O)C1.CC1=C(c2ccc(CNC=O)cc2)S1(C)C#N. The molecule has 0 spiro atoms. The Labute approximate surface area is 180 Å². The summed E-state index contributed by atoms with van der Waals surface area (Å²) >= 11 is 0. The molecule has 2 aliphatic heterocycles. The van der Waals surface area contributed by atoms with Crippen molar-refractivity contribution < 1.29 is 19.4 Å². The Morgan fingerprint density at radius 1 is 1.40 bits per heavy atom. The van der Waals surface area contributed by atoms with Gasteiger partial charge in [0.25, 0.3) is 0 Å². The largest absolute Gasteiger partial charge is 0.444 e. The topological polar surface area (TPSA) is 103 Å². The molecule has 1 saturated heterocycles. The maximum Gasteiger partial charge on any atom is 0.410 e. The molecule has 0 bridgehead atoms. The molecular formula is C22H31N3O4S. The van der Waals surface area contributed by atoms with E-state index in [2.05, 4.69) is 10.7 Å². The number of nitriles is 1. The van der Waals surface area contributed by atoms with Gasteiger partial charge in [0.1, 0.15) is 11.0 Å². The third-order valence-electron chi connectivity index (χ3n) is 4.90. The van der Waals surface area contributed by atoms with Gasteiger partial charge in [0.05, 0.1) is 6.10 Å². The first-order chi connectivity index (χ1) is 14.0. The summed E-state index contributed by atoms with van der Waals surface area (Å²) in [6, 6.07) is 8.02. The average Bonchev–Trinajstić information content (AvgIpc) is 3.00. The van der Waals surface area contributed by atoms with Crippen LogP contribution >= 0.6 is 10.0 Å². The fourth-order valence-corrected chi connectivity index (χ4v) is 5.31. The van der Waals surface area contributed by atoms with Crippen molar-refractivity contribution in [3.05, 3.63) is 40.3 Å². The molecule has 1 fully saturated rings. The van der Waals surface area contributed by atoms with Gasteiger partial charge >= 0.3 is 6.09 Å². The first kappa shape index (κ1) is 23.8. The minimum absolute atomic E-state index is 0.330. The molecule has 2 N–H and O–H groups in total. The quantitative estimate of drug-likeness (QED) is 0.558. The third-order valence-corrected chi connectivity index (χ3v) is 7.85. The molecule has 0 radical (unpaired) electrons. The fourth-order valence-electron chi connectivity index (χ4n) is 3.14. The number of β-amino-alcohol motifs (C(OH)–C–C–N with tert-alkyl or cyclic N) is 1. The van der Waals surface area contributed by atoms with Crippen LogP contribution < -0.4 is 5.32 Å². The zero-order chi connectivity index (χ0) is 22.5. The first-order valence-electron chi connectivity index (χ1n) is 9.84. The zero-order valence-corrected chi connectivity index (χ0v) is 19.1. The normalized spacial score (nSPS) is 24.7. The van der Waals surface area contributed by atoms with Gasteiger partial charge < -0.3 is 20.1 Å². The summed E-state index contributed by atoms with van der Waals surface area (Å²) in [6.45, 7) is 9.07. The molecule has 0 aliphatic carbocycles. The Morgan fingerprint density at radius 2 is 2.03 bits per heavy atom. The molecule has 1 aromatic carbocycles. The first-order valence-corrected chi connectivity index (χ1v) is 11.9. The molecule has 1 aromatic rings. The number of carbonyl (C=O) groups excluding carboxylic acids is 2. The van der Waals surface area contributed by atoms with Crippen LogP contribution in [0.25, 0.3) is 4.91 Å². The third kappa shape index (κ3) is 6.00. The number of likely N-dealkylation sites (tertiary alicyclic amines) is 1. The van der Waals surface area contributed by atoms with E-state index >= 15 is 0 Å². The second-order valence-electron chi connectivity index (χ2n) is 8.46. The van der Waals surface area contributed by atoms with Gasteiger partial charge in [-0.15, -0.1) is 10.0 Å². The number of rotatable bonds is 4. The van der Waals surface area contributed by atoms with Crippen LogP contribution in [-0.2, 0) is 16.1 Å². The number of hydrogen-bond donors (Lipinski definition) is 2. The Morgan fingerprint density at radius 3 is 2.47 bits per heavy atom. The maximum absolute atomic E-state index is 11.4. The van der Waals surface area contributed by atoms with Crippen molar-refractivity contribution >= 4 is 27.4 Å². The lowest BCUT2D eigenvalue weighted by Crippen LogP contribution is -2.35. The number of nitrogens with one attached hydrogen (secondary N) is 1. The van der Waals surface area contributed by atoms with Crippen molar-refractivity contribution in [1.82, 2.24) is 10.2 Å². The van der Waals surface area contributed by atoms with Crippen LogP contribution in [0, 0.1) is 10.7 Å². The van der Waals surface area contributed by atoms with Crippen LogP contribution in [0.4, 0.5) is 4.79 Å². The van der Waals surface area contributed by atoms with Crippen LogP contribution in [0.15, 0.2) is 29.2 Å². The number of carbonyl (C=O) groups is 2. The molecule has 2 atom stereocenters. The van der Waals surface area contributed by atoms with Gasteiger partial charge in [0, 0.05) is 24.5 Å². The van der Waals surface area contributed by atoms with Crippen molar-refractivity contribution in [1.29, 1.82) is 5.26 Å². The molecule has 2 unspecified atom stereocenters. The minimum Gasteiger partial charge on any atom is -0.444 e. The summed E-state index contributed by atoms with van der Waals surface area (Å²) in [5.74, 6) is 0. The van der Waals surface area contributed by atoms with Crippen LogP contribution in [0.2, 0.25) is 0 Å². The number of thiocyanates is 1. The van der Waals surface area contributed by atoms with Crippen LogP contribution in [-0.4, -0.2) is 53.6 Å². The van der Waals surface area contributed by atoms with Crippen molar-refractivity contribution in [2.24, 2.45) is 0 Å². The van der Waals surface area contributed by atoms with E-state index in [4.69, 9.17) is 10.00 Å². The molecule has 0 saturated carbocycles. The number of benzene rings is 1. The Hall–Kier alpha value is -2.50. The number of nitrogens with zero attached hydrogens (tertiary/aromatic N) is 2. The number of allylic oxidation sites excluding steroid dienone is 1. The monoisotopic (exact) mass is 433 g/mol. The number of amides is 2. The molecule has 3 rings (SSSR count). The molecule has 8 heteroatoms. The van der Waals surface area contributed by atoms with Gasteiger partial charge in [0.15, 0.2) is 0 Å². The van der Waals surface area contributed by atoms with E-state index in [0.717, 1.165) is 11.1 Å². The highest BCUT2D eigenvalue weighted by atomic mass is 32.3. The van der Waals surface area contributed by atoms with Crippen LogP contribution in [0.3, 0.4) is 0 Å². The number of ether oxygens (including phenoxy) is 1. The predicted octanol–water partition coefficient (Wildman–Crippen LogP) is 3.54. The zero-order valence-electron chi connectivity index (χ0n) is 18.3. The van der Waals surface area contributed by atoms with E-state index in [1.165, 1.54) is 14.7 Å². The van der Waals surface area contributed by atoms with E-state index in [0.29, 0.717) is 32.5 Å². The average molecular weight is 434 g/mol. The molecular weight excluding hydrogens is 402 g/mol. The Kier molecular flexibility index (Phi) is 7.56. The highest BCUT2D eigenvalue weighted by Gasteiger charge is 2.42. The van der Waals surface area contributed by atoms with Crippen molar-refractivity contribution in [2.75, 3.05) is 19.3 Å². The summed E-state index contributed by atoms with van der Waals surface area (Å²) in [6.07, 6.45) is 2.66. The van der Waals surface area contributed by atoms with Crippen molar-refractivity contribution in [3.8, 4) is 5.40 Å². The van der Waals surface area contributed by atoms with E-state index in [1.54, 1.807) is 0 Å². The lowest BCUT2D eigenvalue weighted by atomic mass is 10.1. The van der Waals surface area contributed by atoms with Gasteiger partial charge in [-0.2, -0.15) is 5.26 Å². The Bertz CT molecular complexity index is 855. The number of hydrogen-bond acceptors (Lipinski definition) is 5.